The van der Waals surface area contributed by atoms with Gasteiger partial charge in [-0.05, 0) is 18.2 Å². The first-order chi connectivity index (χ1) is 16.7. The van der Waals surface area contributed by atoms with Crippen LogP contribution in [0.5, 0.6) is 0 Å². The molecule has 0 aliphatic carbocycles. The Morgan fingerprint density at radius 3 is 2.35 bits per heavy atom. The molecule has 0 unspecified atom stereocenters. The minimum Gasteiger partial charge on any atom is -0.367 e. The topological polar surface area (TPSA) is 61.4 Å². The lowest BCUT2D eigenvalue weighted by Crippen LogP contribution is -2.48. The molecule has 0 bridgehead atoms. The molecule has 1 aliphatic heterocycles. The average molecular weight is 456 g/mol. The van der Waals surface area contributed by atoms with Gasteiger partial charge < -0.3 is 10.2 Å². The molecule has 1 amide bonds. The molecule has 0 radical (unpaired) electrons. The maximum atomic E-state index is 14.1. The predicted molar refractivity (Wildman–Crippen MR) is 132 cm³/mol. The van der Waals surface area contributed by atoms with Crippen LogP contribution in [-0.2, 0) is 0 Å². The van der Waals surface area contributed by atoms with Crippen molar-refractivity contribution in [2.45, 2.75) is 0 Å². The van der Waals surface area contributed by atoms with E-state index in [1.807, 2.05) is 66.7 Å². The van der Waals surface area contributed by atoms with Gasteiger partial charge in [-0.3, -0.25) is 9.69 Å². The molecule has 1 N–H and O–H groups in total. The van der Waals surface area contributed by atoms with Crippen LogP contribution in [0.2, 0.25) is 0 Å². The van der Waals surface area contributed by atoms with Gasteiger partial charge in [-0.1, -0.05) is 60.7 Å². The number of amides is 1. The lowest BCUT2D eigenvalue weighted by molar-refractivity contribution is 0.0949. The summed E-state index contributed by atoms with van der Waals surface area (Å²) < 4.78 is 14.1. The second-order valence-corrected chi connectivity index (χ2v) is 8.34. The van der Waals surface area contributed by atoms with Crippen LogP contribution in [-0.4, -0.2) is 60.3 Å². The number of piperazine rings is 1. The summed E-state index contributed by atoms with van der Waals surface area (Å²) in [5.74, 6) is -0.342. The third-order valence-electron chi connectivity index (χ3n) is 6.22. The molecule has 1 fully saturated rings. The van der Waals surface area contributed by atoms with E-state index >= 15 is 0 Å². The minimum absolute atomic E-state index is 0.157. The number of anilines is 1. The molecule has 1 saturated heterocycles. The quantitative estimate of drug-likeness (QED) is 0.477. The van der Waals surface area contributed by atoms with E-state index in [0.717, 1.165) is 43.7 Å². The summed E-state index contributed by atoms with van der Waals surface area (Å²) in [6.07, 6.45) is 0. The molecule has 1 aromatic heterocycles. The van der Waals surface area contributed by atoms with Crippen molar-refractivity contribution in [3.63, 3.8) is 0 Å². The van der Waals surface area contributed by atoms with Crippen LogP contribution in [0.4, 0.5) is 10.1 Å². The van der Waals surface area contributed by atoms with Crippen molar-refractivity contribution in [1.82, 2.24) is 20.4 Å². The normalized spacial score (nSPS) is 14.3. The molecule has 7 heteroatoms. The zero-order chi connectivity index (χ0) is 23.3. The maximum absolute atomic E-state index is 14.1. The van der Waals surface area contributed by atoms with Crippen LogP contribution < -0.4 is 10.2 Å². The van der Waals surface area contributed by atoms with Gasteiger partial charge in [-0.25, -0.2) is 4.39 Å². The molecule has 34 heavy (non-hydrogen) atoms. The zero-order valence-electron chi connectivity index (χ0n) is 18.8. The summed E-state index contributed by atoms with van der Waals surface area (Å²) in [5.41, 5.74) is 3.32. The number of para-hydroxylation sites is 1. The standard InChI is InChI=1S/C27H26FN5O/c28-22-11-5-7-13-24(22)33-18-16-32(17-19-33)15-14-29-27(34)25-21-10-4-6-12-23(21)30-31-26(25)20-8-2-1-3-9-20/h1-13H,14-19H2,(H,29,34). The van der Waals surface area contributed by atoms with Gasteiger partial charge in [0.25, 0.3) is 5.91 Å². The van der Waals surface area contributed by atoms with Crippen molar-refractivity contribution in [2.75, 3.05) is 44.2 Å². The third-order valence-corrected chi connectivity index (χ3v) is 6.22. The van der Waals surface area contributed by atoms with Crippen LogP contribution >= 0.6 is 0 Å². The van der Waals surface area contributed by atoms with Crippen LogP contribution in [0.3, 0.4) is 0 Å². The second kappa shape index (κ2) is 9.97. The summed E-state index contributed by atoms with van der Waals surface area (Å²) in [4.78, 5) is 17.7. The maximum Gasteiger partial charge on any atom is 0.254 e. The Morgan fingerprint density at radius 2 is 1.56 bits per heavy atom. The van der Waals surface area contributed by atoms with E-state index in [0.29, 0.717) is 29.0 Å². The fraction of sp³-hybridized carbons (Fsp3) is 0.222. The average Bonchev–Trinajstić information content (AvgIpc) is 2.89. The van der Waals surface area contributed by atoms with E-state index in [1.54, 1.807) is 6.07 Å². The number of hydrogen-bond acceptors (Lipinski definition) is 5. The number of nitrogens with one attached hydrogen (secondary N) is 1. The van der Waals surface area contributed by atoms with E-state index in [1.165, 1.54) is 6.07 Å². The molecular formula is C27H26FN5O. The number of aromatic nitrogens is 2. The molecule has 3 aromatic carbocycles. The Balaban J connectivity index is 1.25. The predicted octanol–water partition coefficient (Wildman–Crippen LogP) is 3.99. The van der Waals surface area contributed by atoms with Crippen molar-refractivity contribution in [2.24, 2.45) is 0 Å². The van der Waals surface area contributed by atoms with Crippen LogP contribution in [0.15, 0.2) is 78.9 Å². The number of halogens is 1. The number of carbonyl (C=O) groups is 1. The molecule has 0 atom stereocenters. The van der Waals surface area contributed by atoms with Crippen LogP contribution in [0, 0.1) is 5.82 Å². The van der Waals surface area contributed by atoms with Gasteiger partial charge in [-0.15, -0.1) is 10.2 Å². The van der Waals surface area contributed by atoms with Gasteiger partial charge >= 0.3 is 0 Å². The Bertz CT molecular complexity index is 1290. The van der Waals surface area contributed by atoms with E-state index in [2.05, 4.69) is 25.3 Å². The number of hydrogen-bond donors (Lipinski definition) is 1. The molecule has 5 rings (SSSR count). The molecule has 6 nitrogen and oxygen atoms in total. The van der Waals surface area contributed by atoms with Gasteiger partial charge in [0.1, 0.15) is 11.5 Å². The van der Waals surface area contributed by atoms with E-state index < -0.39 is 0 Å². The highest BCUT2D eigenvalue weighted by atomic mass is 19.1. The van der Waals surface area contributed by atoms with Gasteiger partial charge in [-0.2, -0.15) is 0 Å². The van der Waals surface area contributed by atoms with Crippen molar-refractivity contribution in [3.8, 4) is 11.3 Å². The highest BCUT2D eigenvalue weighted by Gasteiger charge is 2.21. The summed E-state index contributed by atoms with van der Waals surface area (Å²) in [7, 11) is 0. The lowest BCUT2D eigenvalue weighted by atomic mass is 10.0. The minimum atomic E-state index is -0.185. The monoisotopic (exact) mass is 455 g/mol. The zero-order valence-corrected chi connectivity index (χ0v) is 18.8. The van der Waals surface area contributed by atoms with Gasteiger partial charge in [0.05, 0.1) is 16.8 Å². The molecule has 1 aliphatic rings. The first-order valence-electron chi connectivity index (χ1n) is 11.5. The van der Waals surface area contributed by atoms with Crippen molar-refractivity contribution in [3.05, 3.63) is 90.2 Å². The van der Waals surface area contributed by atoms with E-state index in [4.69, 9.17) is 0 Å². The SMILES string of the molecule is O=C(NCCN1CCN(c2ccccc2F)CC1)c1c(-c2ccccc2)nnc2ccccc12. The summed E-state index contributed by atoms with van der Waals surface area (Å²) in [5, 5.41) is 12.6. The summed E-state index contributed by atoms with van der Waals surface area (Å²) >= 11 is 0. The molecule has 2 heterocycles. The number of rotatable bonds is 6. The van der Waals surface area contributed by atoms with Crippen LogP contribution in [0.25, 0.3) is 22.2 Å². The first-order valence-corrected chi connectivity index (χ1v) is 11.5. The Hall–Kier alpha value is -3.84. The fourth-order valence-electron chi connectivity index (χ4n) is 4.42. The van der Waals surface area contributed by atoms with E-state index in [9.17, 15) is 9.18 Å². The number of carbonyl (C=O) groups excluding carboxylic acids is 1. The number of nitrogens with zero attached hydrogens (tertiary/aromatic N) is 4. The highest BCUT2D eigenvalue weighted by Crippen LogP contribution is 2.27. The largest absolute Gasteiger partial charge is 0.367 e. The molecule has 172 valence electrons. The molecule has 0 spiro atoms. The Labute approximate surface area is 198 Å². The number of fused-ring (bicyclic) bond motifs is 1. The van der Waals surface area contributed by atoms with Crippen molar-refractivity contribution < 1.29 is 9.18 Å². The third kappa shape index (κ3) is 4.61. The number of benzene rings is 3. The Morgan fingerprint density at radius 1 is 0.853 bits per heavy atom. The second-order valence-electron chi connectivity index (χ2n) is 8.34. The van der Waals surface area contributed by atoms with Gasteiger partial charge in [0, 0.05) is 50.2 Å². The molecule has 4 aromatic rings. The lowest BCUT2D eigenvalue weighted by Gasteiger charge is -2.36. The van der Waals surface area contributed by atoms with E-state index in [-0.39, 0.29) is 11.7 Å². The Kier molecular flexibility index (Phi) is 6.44. The summed E-state index contributed by atoms with van der Waals surface area (Å²) in [6, 6.07) is 24.1. The highest BCUT2D eigenvalue weighted by molar-refractivity contribution is 6.10. The first kappa shape index (κ1) is 22.0. The fourth-order valence-corrected chi connectivity index (χ4v) is 4.42. The summed E-state index contributed by atoms with van der Waals surface area (Å²) in [6.45, 7) is 4.40. The molecular weight excluding hydrogens is 429 g/mol. The smallest absolute Gasteiger partial charge is 0.254 e. The van der Waals surface area contributed by atoms with Crippen molar-refractivity contribution in [1.29, 1.82) is 0 Å². The van der Waals surface area contributed by atoms with Gasteiger partial charge in [0.15, 0.2) is 0 Å². The molecule has 0 saturated carbocycles. The van der Waals surface area contributed by atoms with Crippen LogP contribution in [0.1, 0.15) is 10.4 Å². The van der Waals surface area contributed by atoms with Crippen molar-refractivity contribution >= 4 is 22.5 Å². The van der Waals surface area contributed by atoms with Gasteiger partial charge in [0.2, 0.25) is 0 Å².